The van der Waals surface area contributed by atoms with E-state index in [0.29, 0.717) is 16.6 Å². The highest BCUT2D eigenvalue weighted by Crippen LogP contribution is 2.44. The van der Waals surface area contributed by atoms with Crippen molar-refractivity contribution in [3.63, 3.8) is 0 Å². The summed E-state index contributed by atoms with van der Waals surface area (Å²) in [5.41, 5.74) is 1.87. The van der Waals surface area contributed by atoms with Crippen LogP contribution in [0.15, 0.2) is 28.2 Å². The number of H-pyrrole nitrogens is 1. The molecule has 0 saturated carbocycles. The van der Waals surface area contributed by atoms with E-state index in [1.807, 2.05) is 6.07 Å². The van der Waals surface area contributed by atoms with Gasteiger partial charge in [-0.1, -0.05) is 23.9 Å². The third-order valence-electron chi connectivity index (χ3n) is 3.82. The van der Waals surface area contributed by atoms with E-state index in [-0.39, 0.29) is 16.6 Å². The van der Waals surface area contributed by atoms with E-state index in [1.54, 1.807) is 13.0 Å². The van der Waals surface area contributed by atoms with Gasteiger partial charge in [0.15, 0.2) is 0 Å². The minimum atomic E-state index is -0.273. The van der Waals surface area contributed by atoms with Crippen molar-refractivity contribution in [2.45, 2.75) is 30.2 Å². The summed E-state index contributed by atoms with van der Waals surface area (Å²) in [4.78, 5) is 14.2. The van der Waals surface area contributed by atoms with Gasteiger partial charge in [0, 0.05) is 5.25 Å². The Morgan fingerprint density at radius 3 is 3.14 bits per heavy atom. The van der Waals surface area contributed by atoms with Gasteiger partial charge in [0.25, 0.3) is 11.3 Å². The Balaban J connectivity index is 1.73. The summed E-state index contributed by atoms with van der Waals surface area (Å²) in [6, 6.07) is 5.18. The summed E-state index contributed by atoms with van der Waals surface area (Å²) in [7, 11) is 0. The first-order valence-corrected chi connectivity index (χ1v) is 7.78. The molecule has 6 nitrogen and oxygen atoms in total. The van der Waals surface area contributed by atoms with Crippen molar-refractivity contribution in [2.24, 2.45) is 0 Å². The molecule has 0 radical (unpaired) electrons. The molecule has 3 aromatic rings. The van der Waals surface area contributed by atoms with Gasteiger partial charge in [0.05, 0.1) is 0 Å². The quantitative estimate of drug-likeness (QED) is 0.783. The van der Waals surface area contributed by atoms with Crippen LogP contribution in [0.3, 0.4) is 0 Å². The maximum atomic E-state index is 13.8. The van der Waals surface area contributed by atoms with Crippen LogP contribution in [0.2, 0.25) is 0 Å². The SMILES string of the molecule is Cc1nn2c(S[C@@H]3CCc4c(F)cccc43)nnc2[nH]c1=O. The molecule has 112 valence electrons. The number of halogens is 1. The summed E-state index contributed by atoms with van der Waals surface area (Å²) in [5.74, 6) is 0.167. The minimum absolute atomic E-state index is 0.118. The number of hydrogen-bond donors (Lipinski definition) is 1. The molecular weight excluding hydrogens is 305 g/mol. The minimum Gasteiger partial charge on any atom is -0.288 e. The molecular formula is C14H12FN5OS. The number of hydrogen-bond acceptors (Lipinski definition) is 5. The molecule has 4 rings (SSSR count). The standard InChI is InChI=1S/C14H12FN5OS/c1-7-12(21)16-13-17-18-14(20(13)19-7)22-11-6-5-8-9(11)3-2-4-10(8)15/h2-4,11H,5-6H2,1H3,(H,16,17,21)/t11-/m1/s1. The van der Waals surface area contributed by atoms with Crippen molar-refractivity contribution in [3.05, 3.63) is 51.2 Å². The van der Waals surface area contributed by atoms with E-state index >= 15 is 0 Å². The van der Waals surface area contributed by atoms with Crippen LogP contribution in [0, 0.1) is 12.7 Å². The lowest BCUT2D eigenvalue weighted by Gasteiger charge is -2.09. The van der Waals surface area contributed by atoms with Crippen LogP contribution in [-0.2, 0) is 6.42 Å². The normalized spacial score (nSPS) is 17.1. The molecule has 0 fully saturated rings. The van der Waals surface area contributed by atoms with Gasteiger partial charge >= 0.3 is 0 Å². The molecule has 2 heterocycles. The lowest BCUT2D eigenvalue weighted by atomic mass is 10.1. The monoisotopic (exact) mass is 317 g/mol. The van der Waals surface area contributed by atoms with Crippen LogP contribution in [0.5, 0.6) is 0 Å². The van der Waals surface area contributed by atoms with Crippen molar-refractivity contribution in [3.8, 4) is 0 Å². The fourth-order valence-electron chi connectivity index (χ4n) is 2.72. The number of nitrogens with zero attached hydrogens (tertiary/aromatic N) is 4. The van der Waals surface area contributed by atoms with Crippen molar-refractivity contribution in [1.29, 1.82) is 0 Å². The Hall–Kier alpha value is -2.22. The van der Waals surface area contributed by atoms with Crippen molar-refractivity contribution < 1.29 is 4.39 Å². The highest BCUT2D eigenvalue weighted by Gasteiger charge is 2.27. The predicted molar refractivity (Wildman–Crippen MR) is 79.5 cm³/mol. The summed E-state index contributed by atoms with van der Waals surface area (Å²) < 4.78 is 15.3. The van der Waals surface area contributed by atoms with E-state index in [4.69, 9.17) is 0 Å². The van der Waals surface area contributed by atoms with Crippen LogP contribution in [0.4, 0.5) is 4.39 Å². The number of aromatic amines is 1. The molecule has 1 aliphatic rings. The molecule has 8 heteroatoms. The topological polar surface area (TPSA) is 75.9 Å². The van der Waals surface area contributed by atoms with Crippen molar-refractivity contribution in [1.82, 2.24) is 24.8 Å². The van der Waals surface area contributed by atoms with Gasteiger partial charge in [-0.2, -0.15) is 9.61 Å². The number of rotatable bonds is 2. The highest BCUT2D eigenvalue weighted by molar-refractivity contribution is 7.99. The number of thioether (sulfide) groups is 1. The maximum Gasteiger partial charge on any atom is 0.273 e. The molecule has 1 N–H and O–H groups in total. The number of nitrogens with one attached hydrogen (secondary N) is 1. The Labute approximate surface area is 128 Å². The van der Waals surface area contributed by atoms with Crippen LogP contribution in [0.25, 0.3) is 5.78 Å². The summed E-state index contributed by atoms with van der Waals surface area (Å²) >= 11 is 1.49. The Bertz CT molecular complexity index is 935. The smallest absolute Gasteiger partial charge is 0.273 e. The zero-order chi connectivity index (χ0) is 15.3. The van der Waals surface area contributed by atoms with Crippen LogP contribution < -0.4 is 5.56 Å². The second-order valence-electron chi connectivity index (χ2n) is 5.21. The van der Waals surface area contributed by atoms with E-state index in [1.165, 1.54) is 22.3 Å². The third-order valence-corrected chi connectivity index (χ3v) is 5.06. The number of fused-ring (bicyclic) bond motifs is 2. The molecule has 0 unspecified atom stereocenters. The molecule has 0 bridgehead atoms. The molecule has 2 aromatic heterocycles. The average Bonchev–Trinajstić information content (AvgIpc) is 3.07. The van der Waals surface area contributed by atoms with Crippen LogP contribution in [0.1, 0.15) is 28.5 Å². The molecule has 22 heavy (non-hydrogen) atoms. The average molecular weight is 317 g/mol. The second kappa shape index (κ2) is 4.91. The van der Waals surface area contributed by atoms with E-state index in [2.05, 4.69) is 20.3 Å². The summed E-state index contributed by atoms with van der Waals surface area (Å²) in [6.45, 7) is 1.63. The number of benzene rings is 1. The third kappa shape index (κ3) is 2.02. The van der Waals surface area contributed by atoms with Crippen molar-refractivity contribution >= 4 is 17.5 Å². The number of aryl methyl sites for hydroxylation is 1. The molecule has 1 aliphatic carbocycles. The Morgan fingerprint density at radius 2 is 2.27 bits per heavy atom. The van der Waals surface area contributed by atoms with Crippen LogP contribution in [-0.4, -0.2) is 24.8 Å². The lowest BCUT2D eigenvalue weighted by Crippen LogP contribution is -2.15. The Kier molecular flexibility index (Phi) is 3.00. The highest BCUT2D eigenvalue weighted by atomic mass is 32.2. The van der Waals surface area contributed by atoms with Crippen molar-refractivity contribution in [2.75, 3.05) is 0 Å². The fourth-order valence-corrected chi connectivity index (χ4v) is 3.87. The first-order chi connectivity index (χ1) is 10.6. The fraction of sp³-hybridized carbons (Fsp3) is 0.286. The van der Waals surface area contributed by atoms with E-state index in [0.717, 1.165) is 24.0 Å². The van der Waals surface area contributed by atoms with Gasteiger partial charge in [-0.25, -0.2) is 4.39 Å². The lowest BCUT2D eigenvalue weighted by molar-refractivity contribution is 0.613. The largest absolute Gasteiger partial charge is 0.288 e. The first-order valence-electron chi connectivity index (χ1n) is 6.90. The molecule has 1 atom stereocenters. The summed E-state index contributed by atoms with van der Waals surface area (Å²) in [6.07, 6.45) is 1.57. The van der Waals surface area contributed by atoms with E-state index in [9.17, 15) is 9.18 Å². The first kappa shape index (κ1) is 13.4. The summed E-state index contributed by atoms with van der Waals surface area (Å²) in [5, 5.41) is 12.9. The second-order valence-corrected chi connectivity index (χ2v) is 6.38. The zero-order valence-electron chi connectivity index (χ0n) is 11.7. The van der Waals surface area contributed by atoms with Gasteiger partial charge in [0.1, 0.15) is 11.5 Å². The molecule has 1 aromatic carbocycles. The molecule has 0 saturated heterocycles. The van der Waals surface area contributed by atoms with Gasteiger partial charge in [-0.3, -0.25) is 9.78 Å². The van der Waals surface area contributed by atoms with Gasteiger partial charge in [-0.15, -0.1) is 10.2 Å². The molecule has 0 spiro atoms. The molecule has 0 aliphatic heterocycles. The zero-order valence-corrected chi connectivity index (χ0v) is 12.5. The predicted octanol–water partition coefficient (Wildman–Crippen LogP) is 2.04. The maximum absolute atomic E-state index is 13.8. The molecule has 0 amide bonds. The van der Waals surface area contributed by atoms with Crippen LogP contribution >= 0.6 is 11.8 Å². The van der Waals surface area contributed by atoms with Gasteiger partial charge in [-0.05, 0) is 37.0 Å². The van der Waals surface area contributed by atoms with E-state index < -0.39 is 0 Å². The van der Waals surface area contributed by atoms with Gasteiger partial charge in [0.2, 0.25) is 5.16 Å². The Morgan fingerprint density at radius 1 is 1.41 bits per heavy atom. The van der Waals surface area contributed by atoms with Gasteiger partial charge < -0.3 is 0 Å². The number of aromatic nitrogens is 5.